The molecule has 1 fully saturated rings. The molecule has 1 aliphatic rings. The zero-order chi connectivity index (χ0) is 22.8. The number of anilines is 1. The number of thiocarbonyl (C=S) groups is 1. The van der Waals surface area contributed by atoms with Gasteiger partial charge in [0.1, 0.15) is 21.5 Å². The molecule has 1 N–H and O–H groups in total. The Morgan fingerprint density at radius 3 is 2.66 bits per heavy atom. The number of carbonyl (C=O) groups is 1. The van der Waals surface area contributed by atoms with E-state index in [4.69, 9.17) is 17.0 Å². The predicted octanol–water partition coefficient (Wildman–Crippen LogP) is 3.50. The lowest BCUT2D eigenvalue weighted by Crippen LogP contribution is -2.30. The number of amides is 1. The number of nitrogens with zero attached hydrogens (tertiary/aromatic N) is 3. The smallest absolute Gasteiger partial charge is 0.267 e. The lowest BCUT2D eigenvalue weighted by Gasteiger charge is -2.14. The molecule has 3 heterocycles. The van der Waals surface area contributed by atoms with Crippen molar-refractivity contribution in [3.63, 3.8) is 0 Å². The monoisotopic (exact) mass is 466 g/mol. The Bertz CT molecular complexity index is 1300. The van der Waals surface area contributed by atoms with Crippen LogP contribution in [0.1, 0.15) is 16.7 Å². The second-order valence-electron chi connectivity index (χ2n) is 7.25. The number of benzene rings is 1. The summed E-state index contributed by atoms with van der Waals surface area (Å²) in [5.74, 6) is 1.00. The number of aromatic nitrogens is 2. The second-order valence-corrected chi connectivity index (χ2v) is 8.92. The van der Waals surface area contributed by atoms with Gasteiger partial charge in [0.05, 0.1) is 17.6 Å². The third kappa shape index (κ3) is 4.13. The van der Waals surface area contributed by atoms with Crippen molar-refractivity contribution in [2.75, 3.05) is 26.0 Å². The number of carbonyl (C=O) groups excluding carboxylic acids is 1. The number of hydrogen-bond donors (Lipinski definition) is 1. The molecule has 2 aromatic heterocycles. The number of thioether (sulfide) groups is 1. The molecule has 32 heavy (non-hydrogen) atoms. The van der Waals surface area contributed by atoms with Gasteiger partial charge in [-0.3, -0.25) is 18.9 Å². The van der Waals surface area contributed by atoms with Crippen molar-refractivity contribution in [2.24, 2.45) is 0 Å². The Labute approximate surface area is 195 Å². The molecule has 1 aliphatic heterocycles. The minimum Gasteiger partial charge on any atom is -0.497 e. The van der Waals surface area contributed by atoms with Gasteiger partial charge in [-0.15, -0.1) is 0 Å². The number of pyridine rings is 1. The largest absolute Gasteiger partial charge is 0.497 e. The van der Waals surface area contributed by atoms with Gasteiger partial charge in [-0.1, -0.05) is 42.2 Å². The van der Waals surface area contributed by atoms with Crippen molar-refractivity contribution in [3.8, 4) is 5.75 Å². The van der Waals surface area contributed by atoms with Crippen molar-refractivity contribution < 1.29 is 9.53 Å². The van der Waals surface area contributed by atoms with E-state index >= 15 is 0 Å². The zero-order valence-electron chi connectivity index (χ0n) is 17.9. The fourth-order valence-corrected chi connectivity index (χ4v) is 4.78. The first-order chi connectivity index (χ1) is 15.4. The molecule has 1 amide bonds. The average molecular weight is 467 g/mol. The lowest BCUT2D eigenvalue weighted by molar-refractivity contribution is -0.122. The Morgan fingerprint density at radius 1 is 1.22 bits per heavy atom. The van der Waals surface area contributed by atoms with E-state index in [1.54, 1.807) is 37.4 Å². The standard InChI is InChI=1S/C23H22N4O3S2/c1-14-5-4-11-26-20(14)25-19(24-2)17(21(26)28)13-18-22(29)27(23(31)32-18)12-10-15-6-8-16(30-3)9-7-15/h4-9,11,13,24H,10,12H2,1-3H3. The summed E-state index contributed by atoms with van der Waals surface area (Å²) >= 11 is 6.65. The van der Waals surface area contributed by atoms with Crippen molar-refractivity contribution in [1.29, 1.82) is 0 Å². The first-order valence-electron chi connectivity index (χ1n) is 10.0. The maximum Gasteiger partial charge on any atom is 0.267 e. The molecule has 4 rings (SSSR count). The summed E-state index contributed by atoms with van der Waals surface area (Å²) in [6.07, 6.45) is 3.92. The van der Waals surface area contributed by atoms with Gasteiger partial charge in [0, 0.05) is 19.8 Å². The highest BCUT2D eigenvalue weighted by Gasteiger charge is 2.32. The number of hydrogen-bond acceptors (Lipinski definition) is 7. The summed E-state index contributed by atoms with van der Waals surface area (Å²) in [6.45, 7) is 2.36. The van der Waals surface area contributed by atoms with Crippen LogP contribution in [0.2, 0.25) is 0 Å². The highest BCUT2D eigenvalue weighted by atomic mass is 32.2. The van der Waals surface area contributed by atoms with Crippen LogP contribution in [0.5, 0.6) is 5.75 Å². The highest BCUT2D eigenvalue weighted by molar-refractivity contribution is 8.26. The van der Waals surface area contributed by atoms with E-state index in [9.17, 15) is 9.59 Å². The number of aryl methyl sites for hydroxylation is 1. The van der Waals surface area contributed by atoms with Gasteiger partial charge in [0.15, 0.2) is 0 Å². The SMILES string of the molecule is CNc1nc2c(C)cccn2c(=O)c1C=C1SC(=S)N(CCc2ccc(OC)cc2)C1=O. The van der Waals surface area contributed by atoms with E-state index in [1.165, 1.54) is 16.2 Å². The van der Waals surface area contributed by atoms with Gasteiger partial charge >= 0.3 is 0 Å². The minimum absolute atomic E-state index is 0.204. The molecule has 0 saturated carbocycles. The van der Waals surface area contributed by atoms with Crippen LogP contribution >= 0.6 is 24.0 Å². The van der Waals surface area contributed by atoms with Crippen LogP contribution in [-0.2, 0) is 11.2 Å². The van der Waals surface area contributed by atoms with E-state index in [2.05, 4.69) is 10.3 Å². The number of methoxy groups -OCH3 is 1. The number of fused-ring (bicyclic) bond motifs is 1. The number of ether oxygens (including phenoxy) is 1. The Hall–Kier alpha value is -3.17. The molecule has 164 valence electrons. The molecule has 1 saturated heterocycles. The number of nitrogens with one attached hydrogen (secondary N) is 1. The fourth-order valence-electron chi connectivity index (χ4n) is 3.49. The second kappa shape index (κ2) is 9.13. The molecule has 9 heteroatoms. The normalized spacial score (nSPS) is 15.1. The van der Waals surface area contributed by atoms with Gasteiger partial charge in [-0.05, 0) is 48.7 Å². The molecular weight excluding hydrogens is 444 g/mol. The molecule has 7 nitrogen and oxygen atoms in total. The predicted molar refractivity (Wildman–Crippen MR) is 132 cm³/mol. The van der Waals surface area contributed by atoms with Crippen molar-refractivity contribution >= 4 is 51.7 Å². The fraction of sp³-hybridized carbons (Fsp3) is 0.217. The maximum atomic E-state index is 13.1. The Kier molecular flexibility index (Phi) is 6.29. The average Bonchev–Trinajstić information content (AvgIpc) is 3.07. The summed E-state index contributed by atoms with van der Waals surface area (Å²) < 4.78 is 7.15. The zero-order valence-corrected chi connectivity index (χ0v) is 19.5. The number of rotatable bonds is 6. The first kappa shape index (κ1) is 22.0. The van der Waals surface area contributed by atoms with Crippen LogP contribution in [0, 0.1) is 6.92 Å². The molecule has 0 bridgehead atoms. The first-order valence-corrected chi connectivity index (χ1v) is 11.2. The Balaban J connectivity index is 1.62. The van der Waals surface area contributed by atoms with Crippen LogP contribution in [0.25, 0.3) is 11.7 Å². The van der Waals surface area contributed by atoms with Gasteiger partial charge in [0.25, 0.3) is 11.5 Å². The third-order valence-electron chi connectivity index (χ3n) is 5.25. The van der Waals surface area contributed by atoms with Crippen LogP contribution in [-0.4, -0.2) is 45.2 Å². The van der Waals surface area contributed by atoms with Crippen molar-refractivity contribution in [1.82, 2.24) is 14.3 Å². The Morgan fingerprint density at radius 2 is 1.97 bits per heavy atom. The molecule has 0 aliphatic carbocycles. The summed E-state index contributed by atoms with van der Waals surface area (Å²) in [5.41, 5.74) is 2.62. The van der Waals surface area contributed by atoms with Crippen LogP contribution < -0.4 is 15.6 Å². The van der Waals surface area contributed by atoms with E-state index in [0.29, 0.717) is 39.2 Å². The molecule has 3 aromatic rings. The van der Waals surface area contributed by atoms with Gasteiger partial charge in [-0.2, -0.15) is 0 Å². The van der Waals surface area contributed by atoms with Crippen LogP contribution in [0.3, 0.4) is 0 Å². The molecule has 0 atom stereocenters. The summed E-state index contributed by atoms with van der Waals surface area (Å²) in [5, 5.41) is 2.98. The molecule has 1 aromatic carbocycles. The third-order valence-corrected chi connectivity index (χ3v) is 6.63. The quantitative estimate of drug-likeness (QED) is 0.440. The minimum atomic E-state index is -0.244. The van der Waals surface area contributed by atoms with Crippen molar-refractivity contribution in [3.05, 3.63) is 74.5 Å². The van der Waals surface area contributed by atoms with Gasteiger partial charge < -0.3 is 10.1 Å². The van der Waals surface area contributed by atoms with E-state index < -0.39 is 0 Å². The van der Waals surface area contributed by atoms with Crippen LogP contribution in [0.15, 0.2) is 52.3 Å². The maximum absolute atomic E-state index is 13.1. The lowest BCUT2D eigenvalue weighted by atomic mass is 10.1. The van der Waals surface area contributed by atoms with Gasteiger partial charge in [0.2, 0.25) is 0 Å². The highest BCUT2D eigenvalue weighted by Crippen LogP contribution is 2.33. The van der Waals surface area contributed by atoms with E-state index in [-0.39, 0.29) is 11.5 Å². The van der Waals surface area contributed by atoms with Gasteiger partial charge in [-0.25, -0.2) is 4.98 Å². The molecular formula is C23H22N4O3S2. The van der Waals surface area contributed by atoms with Crippen LogP contribution in [0.4, 0.5) is 5.82 Å². The topological polar surface area (TPSA) is 75.9 Å². The molecule has 0 spiro atoms. The molecule has 0 unspecified atom stereocenters. The molecule has 0 radical (unpaired) electrons. The summed E-state index contributed by atoms with van der Waals surface area (Å²) in [4.78, 5) is 32.8. The van der Waals surface area contributed by atoms with E-state index in [0.717, 1.165) is 16.9 Å². The summed E-state index contributed by atoms with van der Waals surface area (Å²) in [6, 6.07) is 11.4. The van der Waals surface area contributed by atoms with E-state index in [1.807, 2.05) is 37.3 Å². The van der Waals surface area contributed by atoms with Crippen molar-refractivity contribution in [2.45, 2.75) is 13.3 Å². The summed E-state index contributed by atoms with van der Waals surface area (Å²) in [7, 11) is 3.33.